The van der Waals surface area contributed by atoms with E-state index in [2.05, 4.69) is 10.4 Å². The topological polar surface area (TPSA) is 117 Å². The van der Waals surface area contributed by atoms with Crippen LogP contribution in [0.25, 0.3) is 0 Å². The van der Waals surface area contributed by atoms with Crippen molar-refractivity contribution in [3.8, 4) is 11.5 Å². The summed E-state index contributed by atoms with van der Waals surface area (Å²) in [5.74, 6) is 0.00776. The minimum absolute atomic E-state index is 0.0391. The molecule has 0 radical (unpaired) electrons. The normalized spacial score (nSPS) is 11.1. The van der Waals surface area contributed by atoms with Crippen LogP contribution < -0.4 is 20.3 Å². The van der Waals surface area contributed by atoms with E-state index in [-0.39, 0.29) is 26.4 Å². The Morgan fingerprint density at radius 3 is 2.47 bits per heavy atom. The van der Waals surface area contributed by atoms with E-state index >= 15 is 0 Å². The molecule has 0 aliphatic heterocycles. The number of amides is 1. The van der Waals surface area contributed by atoms with E-state index in [1.165, 1.54) is 38.5 Å². The zero-order valence-electron chi connectivity index (χ0n) is 17.5. The number of nitrogens with one attached hydrogen (secondary N) is 1. The number of benzene rings is 2. The fourth-order valence-electron chi connectivity index (χ4n) is 2.87. The SMILES string of the molecule is COc1cc(OC)c(NC(=O)Cn2nc(S(=O)(=O)c3cccc(C)c3)ccc2=O)cc1Cl. The van der Waals surface area contributed by atoms with E-state index in [0.717, 1.165) is 22.4 Å². The fraction of sp³-hybridized carbons (Fsp3) is 0.190. The van der Waals surface area contributed by atoms with Crippen LogP contribution in [0.2, 0.25) is 5.02 Å². The van der Waals surface area contributed by atoms with Crippen LogP contribution in [0.4, 0.5) is 5.69 Å². The van der Waals surface area contributed by atoms with Crippen LogP contribution in [0, 0.1) is 6.92 Å². The van der Waals surface area contributed by atoms with E-state index in [0.29, 0.717) is 5.75 Å². The first-order valence-electron chi connectivity index (χ1n) is 9.27. The molecule has 0 saturated carbocycles. The molecule has 1 aromatic heterocycles. The molecule has 0 atom stereocenters. The zero-order valence-corrected chi connectivity index (χ0v) is 19.0. The summed E-state index contributed by atoms with van der Waals surface area (Å²) in [7, 11) is -1.13. The second kappa shape index (κ2) is 9.41. The van der Waals surface area contributed by atoms with Crippen molar-refractivity contribution >= 4 is 33.0 Å². The molecule has 3 rings (SSSR count). The Bertz CT molecular complexity index is 1340. The van der Waals surface area contributed by atoms with Crippen LogP contribution in [-0.4, -0.2) is 38.3 Å². The summed E-state index contributed by atoms with van der Waals surface area (Å²) in [5, 5.41) is 6.36. The van der Waals surface area contributed by atoms with Crippen LogP contribution in [0.15, 0.2) is 63.2 Å². The number of carbonyl (C=O) groups excluding carboxylic acids is 1. The number of aryl methyl sites for hydroxylation is 1. The number of aromatic nitrogens is 2. The van der Waals surface area contributed by atoms with Gasteiger partial charge in [0.15, 0.2) is 5.03 Å². The number of sulfone groups is 1. The predicted octanol–water partition coefficient (Wildman–Crippen LogP) is 2.69. The molecule has 168 valence electrons. The maximum Gasteiger partial charge on any atom is 0.267 e. The maximum absolute atomic E-state index is 12.9. The van der Waals surface area contributed by atoms with Crippen LogP contribution in [0.5, 0.6) is 11.5 Å². The molecule has 0 saturated heterocycles. The fourth-order valence-corrected chi connectivity index (χ4v) is 4.41. The number of rotatable bonds is 7. The van der Waals surface area contributed by atoms with Crippen molar-refractivity contribution in [2.45, 2.75) is 23.4 Å². The van der Waals surface area contributed by atoms with Gasteiger partial charge in [0.1, 0.15) is 18.0 Å². The highest BCUT2D eigenvalue weighted by Gasteiger charge is 2.21. The van der Waals surface area contributed by atoms with Gasteiger partial charge in [-0.05, 0) is 36.8 Å². The monoisotopic (exact) mass is 477 g/mol. The summed E-state index contributed by atoms with van der Waals surface area (Å²) in [4.78, 5) is 24.8. The Hall–Kier alpha value is -3.37. The third-order valence-electron chi connectivity index (χ3n) is 4.46. The van der Waals surface area contributed by atoms with Gasteiger partial charge in [-0.1, -0.05) is 23.7 Å². The largest absolute Gasteiger partial charge is 0.495 e. The standard InChI is InChI=1S/C21H20ClN3O6S/c1-13-5-4-6-14(9-13)32(28,29)20-7-8-21(27)25(24-20)12-19(26)23-16-10-15(22)17(30-2)11-18(16)31-3/h4-11H,12H2,1-3H3,(H,23,26). The minimum Gasteiger partial charge on any atom is -0.495 e. The molecule has 0 aliphatic rings. The van der Waals surface area contributed by atoms with Gasteiger partial charge < -0.3 is 14.8 Å². The van der Waals surface area contributed by atoms with E-state index < -0.39 is 27.8 Å². The molecule has 3 aromatic rings. The lowest BCUT2D eigenvalue weighted by atomic mass is 10.2. The van der Waals surface area contributed by atoms with Crippen molar-refractivity contribution in [3.63, 3.8) is 0 Å². The van der Waals surface area contributed by atoms with Gasteiger partial charge in [-0.2, -0.15) is 5.10 Å². The number of ether oxygens (including phenoxy) is 2. The lowest BCUT2D eigenvalue weighted by Gasteiger charge is -2.13. The first-order chi connectivity index (χ1) is 15.1. The molecule has 0 spiro atoms. The van der Waals surface area contributed by atoms with Crippen LogP contribution in [-0.2, 0) is 21.2 Å². The molecule has 32 heavy (non-hydrogen) atoms. The second-order valence-corrected chi connectivity index (χ2v) is 9.03. The Kier molecular flexibility index (Phi) is 6.85. The number of anilines is 1. The van der Waals surface area contributed by atoms with Gasteiger partial charge in [0.2, 0.25) is 15.7 Å². The summed E-state index contributed by atoms with van der Waals surface area (Å²) >= 11 is 6.10. The third kappa shape index (κ3) is 4.92. The van der Waals surface area contributed by atoms with Crippen LogP contribution in [0.1, 0.15) is 5.56 Å². The lowest BCUT2D eigenvalue weighted by Crippen LogP contribution is -2.30. The highest BCUT2D eigenvalue weighted by atomic mass is 35.5. The first kappa shape index (κ1) is 23.3. The third-order valence-corrected chi connectivity index (χ3v) is 6.40. The molecular formula is C21H20ClN3O6S. The van der Waals surface area contributed by atoms with E-state index in [1.54, 1.807) is 19.1 Å². The van der Waals surface area contributed by atoms with Crippen molar-refractivity contribution in [3.05, 3.63) is 69.5 Å². The van der Waals surface area contributed by atoms with Crippen molar-refractivity contribution < 1.29 is 22.7 Å². The molecular weight excluding hydrogens is 458 g/mol. The smallest absolute Gasteiger partial charge is 0.267 e. The summed E-state index contributed by atoms with van der Waals surface area (Å²) < 4.78 is 36.9. The summed E-state index contributed by atoms with van der Waals surface area (Å²) in [5.41, 5.74) is 0.369. The number of nitrogens with zero attached hydrogens (tertiary/aromatic N) is 2. The Morgan fingerprint density at radius 2 is 1.81 bits per heavy atom. The average molecular weight is 478 g/mol. The Labute approximate surface area is 189 Å². The molecule has 2 aromatic carbocycles. The van der Waals surface area contributed by atoms with Crippen LogP contribution >= 0.6 is 11.6 Å². The van der Waals surface area contributed by atoms with E-state index in [4.69, 9.17) is 21.1 Å². The zero-order chi connectivity index (χ0) is 23.5. The van der Waals surface area contributed by atoms with Crippen LogP contribution in [0.3, 0.4) is 0 Å². The summed E-state index contributed by atoms with van der Waals surface area (Å²) in [6, 6.07) is 11.4. The number of methoxy groups -OCH3 is 2. The van der Waals surface area contributed by atoms with Gasteiger partial charge in [0.05, 0.1) is 29.8 Å². The van der Waals surface area contributed by atoms with Gasteiger partial charge in [-0.15, -0.1) is 0 Å². The molecule has 1 amide bonds. The van der Waals surface area contributed by atoms with Gasteiger partial charge >= 0.3 is 0 Å². The molecule has 9 nitrogen and oxygen atoms in total. The summed E-state index contributed by atoms with van der Waals surface area (Å²) in [6.45, 7) is 1.24. The first-order valence-corrected chi connectivity index (χ1v) is 11.1. The predicted molar refractivity (Wildman–Crippen MR) is 118 cm³/mol. The van der Waals surface area contributed by atoms with Gasteiger partial charge in [0.25, 0.3) is 5.56 Å². The lowest BCUT2D eigenvalue weighted by molar-refractivity contribution is -0.117. The summed E-state index contributed by atoms with van der Waals surface area (Å²) in [6.07, 6.45) is 0. The minimum atomic E-state index is -3.97. The number of hydrogen-bond donors (Lipinski definition) is 1. The molecule has 0 unspecified atom stereocenters. The number of halogens is 1. The Balaban J connectivity index is 1.88. The molecule has 1 heterocycles. The maximum atomic E-state index is 12.9. The molecule has 0 fully saturated rings. The molecule has 0 bridgehead atoms. The quantitative estimate of drug-likeness (QED) is 0.556. The van der Waals surface area contributed by atoms with Gasteiger partial charge in [0, 0.05) is 12.1 Å². The second-order valence-electron chi connectivity index (χ2n) is 6.72. The average Bonchev–Trinajstić information content (AvgIpc) is 2.75. The highest BCUT2D eigenvalue weighted by molar-refractivity contribution is 7.91. The number of carbonyl (C=O) groups is 1. The van der Waals surface area contributed by atoms with Gasteiger partial charge in [-0.3, -0.25) is 9.59 Å². The molecule has 11 heteroatoms. The van der Waals surface area contributed by atoms with Crippen molar-refractivity contribution in [2.24, 2.45) is 0 Å². The Morgan fingerprint density at radius 1 is 1.09 bits per heavy atom. The van der Waals surface area contributed by atoms with Gasteiger partial charge in [-0.25, -0.2) is 13.1 Å². The molecule has 0 aliphatic carbocycles. The molecule has 1 N–H and O–H groups in total. The van der Waals surface area contributed by atoms with E-state index in [1.807, 2.05) is 0 Å². The van der Waals surface area contributed by atoms with Crippen molar-refractivity contribution in [1.29, 1.82) is 0 Å². The number of hydrogen-bond acceptors (Lipinski definition) is 7. The highest BCUT2D eigenvalue weighted by Crippen LogP contribution is 2.35. The van der Waals surface area contributed by atoms with Crippen molar-refractivity contribution in [1.82, 2.24) is 9.78 Å². The van der Waals surface area contributed by atoms with Crippen molar-refractivity contribution in [2.75, 3.05) is 19.5 Å². The van der Waals surface area contributed by atoms with E-state index in [9.17, 15) is 18.0 Å².